The molecule has 7 heteroatoms. The third-order valence-corrected chi connectivity index (χ3v) is 4.12. The molecule has 0 aromatic carbocycles. The highest BCUT2D eigenvalue weighted by Gasteiger charge is 2.26. The smallest absolute Gasteiger partial charge is 0.233 e. The Hall–Kier alpha value is -2.02. The second-order valence-electron chi connectivity index (χ2n) is 6.38. The van der Waals surface area contributed by atoms with Gasteiger partial charge in [-0.15, -0.1) is 10.2 Å². The number of rotatable bonds is 5. The molecule has 0 amide bonds. The topological polar surface area (TPSA) is 71.2 Å². The van der Waals surface area contributed by atoms with E-state index in [9.17, 15) is 0 Å². The molecule has 1 aliphatic rings. The van der Waals surface area contributed by atoms with E-state index < -0.39 is 0 Å². The van der Waals surface area contributed by atoms with Crippen molar-refractivity contribution in [3.05, 3.63) is 30.2 Å². The van der Waals surface area contributed by atoms with Crippen LogP contribution in [0.2, 0.25) is 0 Å². The Balaban J connectivity index is 1.57. The number of hydrogen-bond donors (Lipinski definition) is 0. The van der Waals surface area contributed by atoms with E-state index >= 15 is 0 Å². The fourth-order valence-electron chi connectivity index (χ4n) is 2.79. The average molecular weight is 316 g/mol. The molecule has 0 unspecified atom stereocenters. The van der Waals surface area contributed by atoms with Crippen LogP contribution in [0, 0.1) is 5.92 Å². The lowest BCUT2D eigenvalue weighted by atomic mass is 10.1. The number of hydrogen-bond acceptors (Lipinski definition) is 7. The molecule has 7 nitrogen and oxygen atoms in total. The molecule has 2 aromatic rings. The third kappa shape index (κ3) is 3.85. The predicted molar refractivity (Wildman–Crippen MR) is 87.1 cm³/mol. The summed E-state index contributed by atoms with van der Waals surface area (Å²) in [6.45, 7) is 10.1. The van der Waals surface area contributed by atoms with E-state index in [1.807, 2.05) is 6.07 Å². The summed E-state index contributed by atoms with van der Waals surface area (Å²) < 4.78 is 5.82. The third-order valence-electron chi connectivity index (χ3n) is 4.12. The van der Waals surface area contributed by atoms with Crippen LogP contribution in [0.1, 0.15) is 38.6 Å². The highest BCUT2D eigenvalue weighted by Crippen LogP contribution is 2.22. The van der Waals surface area contributed by atoms with Crippen LogP contribution >= 0.6 is 0 Å². The minimum Gasteiger partial charge on any atom is -0.424 e. The molecule has 0 aliphatic carbocycles. The lowest BCUT2D eigenvalue weighted by Gasteiger charge is -2.36. The molecule has 3 heterocycles. The zero-order chi connectivity index (χ0) is 16.2. The zero-order valence-corrected chi connectivity index (χ0v) is 14.0. The molecule has 1 saturated heterocycles. The first-order valence-electron chi connectivity index (χ1n) is 8.21. The molecule has 1 atom stereocenters. The van der Waals surface area contributed by atoms with Crippen LogP contribution in [-0.4, -0.2) is 51.2 Å². The second-order valence-corrected chi connectivity index (χ2v) is 6.38. The predicted octanol–water partition coefficient (Wildman–Crippen LogP) is 1.94. The first-order chi connectivity index (χ1) is 11.1. The fraction of sp³-hybridized carbons (Fsp3) is 0.625. The summed E-state index contributed by atoms with van der Waals surface area (Å²) in [5.41, 5.74) is 0. The minimum atomic E-state index is 0.141. The maximum Gasteiger partial charge on any atom is 0.233 e. The minimum absolute atomic E-state index is 0.141. The molecule has 0 bridgehead atoms. The number of nitrogens with zero attached hydrogens (tertiary/aromatic N) is 6. The van der Waals surface area contributed by atoms with Crippen LogP contribution in [-0.2, 0) is 6.42 Å². The largest absolute Gasteiger partial charge is 0.424 e. The maximum absolute atomic E-state index is 5.82. The second kappa shape index (κ2) is 7.04. The highest BCUT2D eigenvalue weighted by molar-refractivity contribution is 5.29. The molecule has 0 spiro atoms. The van der Waals surface area contributed by atoms with Crippen molar-refractivity contribution in [3.63, 3.8) is 0 Å². The van der Waals surface area contributed by atoms with Gasteiger partial charge < -0.3 is 9.32 Å². The van der Waals surface area contributed by atoms with Crippen LogP contribution in [0.5, 0.6) is 0 Å². The Bertz CT molecular complexity index is 606. The van der Waals surface area contributed by atoms with Gasteiger partial charge in [0.25, 0.3) is 0 Å². The van der Waals surface area contributed by atoms with Crippen molar-refractivity contribution in [2.75, 3.05) is 31.1 Å². The molecular formula is C16H24N6O. The molecule has 1 fully saturated rings. The van der Waals surface area contributed by atoms with Gasteiger partial charge in [0, 0.05) is 45.0 Å². The molecule has 3 rings (SSSR count). The van der Waals surface area contributed by atoms with Gasteiger partial charge in [0.1, 0.15) is 0 Å². The number of anilines is 1. The molecule has 0 N–H and O–H groups in total. The van der Waals surface area contributed by atoms with Gasteiger partial charge in [-0.3, -0.25) is 4.90 Å². The van der Waals surface area contributed by atoms with Crippen molar-refractivity contribution in [1.29, 1.82) is 0 Å². The van der Waals surface area contributed by atoms with E-state index in [2.05, 4.69) is 50.7 Å². The number of aromatic nitrogens is 4. The van der Waals surface area contributed by atoms with Gasteiger partial charge in [0.05, 0.1) is 6.04 Å². The number of piperazine rings is 1. The highest BCUT2D eigenvalue weighted by atomic mass is 16.4. The van der Waals surface area contributed by atoms with E-state index in [0.29, 0.717) is 11.8 Å². The molecular weight excluding hydrogens is 292 g/mol. The molecule has 2 aromatic heterocycles. The molecule has 0 saturated carbocycles. The summed E-state index contributed by atoms with van der Waals surface area (Å²) in [5.74, 6) is 2.77. The van der Waals surface area contributed by atoms with E-state index in [1.165, 1.54) is 0 Å². The normalized spacial score (nSPS) is 17.7. The summed E-state index contributed by atoms with van der Waals surface area (Å²) in [4.78, 5) is 13.2. The zero-order valence-electron chi connectivity index (χ0n) is 14.0. The van der Waals surface area contributed by atoms with Crippen LogP contribution in [0.3, 0.4) is 0 Å². The summed E-state index contributed by atoms with van der Waals surface area (Å²) >= 11 is 0. The summed E-state index contributed by atoms with van der Waals surface area (Å²) in [6.07, 6.45) is 4.40. The monoisotopic (exact) mass is 316 g/mol. The molecule has 1 aliphatic heterocycles. The van der Waals surface area contributed by atoms with Gasteiger partial charge in [-0.2, -0.15) is 0 Å². The average Bonchev–Trinajstić information content (AvgIpc) is 3.03. The van der Waals surface area contributed by atoms with Gasteiger partial charge in [0.15, 0.2) is 0 Å². The van der Waals surface area contributed by atoms with Crippen molar-refractivity contribution < 1.29 is 4.42 Å². The Morgan fingerprint density at radius 3 is 2.39 bits per heavy atom. The van der Waals surface area contributed by atoms with Crippen molar-refractivity contribution >= 4 is 5.95 Å². The Morgan fingerprint density at radius 2 is 1.74 bits per heavy atom. The van der Waals surface area contributed by atoms with E-state index in [0.717, 1.165) is 44.4 Å². The lowest BCUT2D eigenvalue weighted by molar-refractivity contribution is 0.170. The summed E-state index contributed by atoms with van der Waals surface area (Å²) in [5, 5.41) is 8.39. The van der Waals surface area contributed by atoms with Crippen LogP contribution in [0.25, 0.3) is 0 Å². The SMILES string of the molecule is CC(C)Cc1nnc([C@@H](C)N2CCN(c3ncccn3)CC2)o1. The Labute approximate surface area is 136 Å². The first-order valence-corrected chi connectivity index (χ1v) is 8.21. The van der Waals surface area contributed by atoms with Gasteiger partial charge in [-0.1, -0.05) is 13.8 Å². The standard InChI is InChI=1S/C16H24N6O/c1-12(2)11-14-19-20-15(23-14)13(3)21-7-9-22(10-8-21)16-17-5-4-6-18-16/h4-6,12-13H,7-11H2,1-3H3/t13-/m1/s1. The van der Waals surface area contributed by atoms with Gasteiger partial charge in [0.2, 0.25) is 17.7 Å². The van der Waals surface area contributed by atoms with E-state index in [-0.39, 0.29) is 6.04 Å². The maximum atomic E-state index is 5.82. The van der Waals surface area contributed by atoms with Crippen molar-refractivity contribution in [2.45, 2.75) is 33.2 Å². The van der Waals surface area contributed by atoms with Crippen LogP contribution in [0.4, 0.5) is 5.95 Å². The lowest BCUT2D eigenvalue weighted by Crippen LogP contribution is -2.47. The van der Waals surface area contributed by atoms with Crippen LogP contribution in [0.15, 0.2) is 22.9 Å². The quantitative estimate of drug-likeness (QED) is 0.834. The van der Waals surface area contributed by atoms with Crippen molar-refractivity contribution in [2.24, 2.45) is 5.92 Å². The van der Waals surface area contributed by atoms with Crippen molar-refractivity contribution in [1.82, 2.24) is 25.1 Å². The van der Waals surface area contributed by atoms with Gasteiger partial charge in [-0.05, 0) is 18.9 Å². The fourth-order valence-corrected chi connectivity index (χ4v) is 2.79. The van der Waals surface area contributed by atoms with Crippen LogP contribution < -0.4 is 4.90 Å². The molecule has 0 radical (unpaired) electrons. The van der Waals surface area contributed by atoms with E-state index in [1.54, 1.807) is 12.4 Å². The van der Waals surface area contributed by atoms with Gasteiger partial charge >= 0.3 is 0 Å². The Kier molecular flexibility index (Phi) is 4.85. The Morgan fingerprint density at radius 1 is 1.04 bits per heavy atom. The summed E-state index contributed by atoms with van der Waals surface area (Å²) in [7, 11) is 0. The van der Waals surface area contributed by atoms with E-state index in [4.69, 9.17) is 4.42 Å². The van der Waals surface area contributed by atoms with Gasteiger partial charge in [-0.25, -0.2) is 9.97 Å². The molecule has 124 valence electrons. The van der Waals surface area contributed by atoms with Crippen molar-refractivity contribution in [3.8, 4) is 0 Å². The first kappa shape index (κ1) is 15.9. The summed E-state index contributed by atoms with van der Waals surface area (Å²) in [6, 6.07) is 1.98. The molecule has 23 heavy (non-hydrogen) atoms.